The fourth-order valence-electron chi connectivity index (χ4n) is 1.72. The van der Waals surface area contributed by atoms with Gasteiger partial charge < -0.3 is 11.1 Å². The molecule has 2 rings (SSSR count). The molecule has 0 aliphatic carbocycles. The molecule has 0 saturated carbocycles. The highest BCUT2D eigenvalue weighted by Crippen LogP contribution is 2.20. The Balaban J connectivity index is 2.18. The van der Waals surface area contributed by atoms with E-state index in [1.54, 1.807) is 24.3 Å². The van der Waals surface area contributed by atoms with Crippen LogP contribution in [0.15, 0.2) is 42.5 Å². The van der Waals surface area contributed by atoms with Gasteiger partial charge in [0.15, 0.2) is 0 Å². The van der Waals surface area contributed by atoms with Gasteiger partial charge in [-0.3, -0.25) is 0 Å². The summed E-state index contributed by atoms with van der Waals surface area (Å²) in [6.07, 6.45) is 0. The lowest BCUT2D eigenvalue weighted by Crippen LogP contribution is -2.15. The Bertz CT molecular complexity index is 599. The van der Waals surface area contributed by atoms with Crippen LogP contribution >= 0.6 is 23.8 Å². The van der Waals surface area contributed by atoms with Crippen molar-refractivity contribution in [3.63, 3.8) is 0 Å². The van der Waals surface area contributed by atoms with E-state index in [1.807, 2.05) is 12.1 Å². The smallest absolute Gasteiger partial charge is 0.135 e. The minimum absolute atomic E-state index is 0.0386. The molecule has 0 atom stereocenters. The highest BCUT2D eigenvalue weighted by Gasteiger charge is 2.10. The summed E-state index contributed by atoms with van der Waals surface area (Å²) < 4.78 is 13.7. The fraction of sp³-hybridized carbons (Fsp3) is 0.0714. The molecule has 0 unspecified atom stereocenters. The van der Waals surface area contributed by atoms with Crippen LogP contribution in [-0.4, -0.2) is 4.99 Å². The lowest BCUT2D eigenvalue weighted by atomic mass is 10.1. The maximum absolute atomic E-state index is 13.7. The van der Waals surface area contributed by atoms with E-state index in [1.165, 1.54) is 6.07 Å². The van der Waals surface area contributed by atoms with Crippen LogP contribution in [0.5, 0.6) is 0 Å². The average molecular weight is 295 g/mol. The van der Waals surface area contributed by atoms with E-state index in [4.69, 9.17) is 29.6 Å². The van der Waals surface area contributed by atoms with Crippen molar-refractivity contribution < 1.29 is 4.39 Å². The van der Waals surface area contributed by atoms with Gasteiger partial charge in [0.1, 0.15) is 10.8 Å². The van der Waals surface area contributed by atoms with Gasteiger partial charge in [0.2, 0.25) is 0 Å². The quantitative estimate of drug-likeness (QED) is 0.844. The number of nitrogens with two attached hydrogens (primary N) is 1. The Morgan fingerprint density at radius 1 is 1.21 bits per heavy atom. The van der Waals surface area contributed by atoms with E-state index < -0.39 is 5.82 Å². The number of rotatable bonds is 4. The molecule has 2 aromatic rings. The average Bonchev–Trinajstić information content (AvgIpc) is 2.37. The normalized spacial score (nSPS) is 10.2. The maximum atomic E-state index is 13.7. The van der Waals surface area contributed by atoms with Gasteiger partial charge in [-0.1, -0.05) is 42.0 Å². The number of halogens is 2. The zero-order valence-electron chi connectivity index (χ0n) is 9.99. The summed E-state index contributed by atoms with van der Waals surface area (Å²) in [5.41, 5.74) is 7.40. The third-order valence-corrected chi connectivity index (χ3v) is 3.11. The van der Waals surface area contributed by atoms with E-state index in [0.29, 0.717) is 17.3 Å². The highest BCUT2D eigenvalue weighted by molar-refractivity contribution is 7.80. The molecule has 0 spiro atoms. The molecule has 0 aliphatic rings. The molecule has 0 amide bonds. The monoisotopic (exact) mass is 294 g/mol. The van der Waals surface area contributed by atoms with Crippen molar-refractivity contribution in [3.8, 4) is 0 Å². The zero-order valence-corrected chi connectivity index (χ0v) is 11.6. The molecule has 0 bridgehead atoms. The topological polar surface area (TPSA) is 38.0 Å². The number of hydrogen-bond acceptors (Lipinski definition) is 2. The van der Waals surface area contributed by atoms with Crippen molar-refractivity contribution in [1.82, 2.24) is 0 Å². The predicted molar refractivity (Wildman–Crippen MR) is 81.1 cm³/mol. The van der Waals surface area contributed by atoms with Crippen LogP contribution in [0.4, 0.5) is 10.1 Å². The van der Waals surface area contributed by atoms with E-state index >= 15 is 0 Å². The van der Waals surface area contributed by atoms with Crippen molar-refractivity contribution in [2.24, 2.45) is 5.73 Å². The minimum atomic E-state index is -0.423. The number of hydrogen-bond donors (Lipinski definition) is 2. The lowest BCUT2D eigenvalue weighted by Gasteiger charge is -2.12. The molecule has 0 heterocycles. The Morgan fingerprint density at radius 2 is 1.89 bits per heavy atom. The second-order valence-electron chi connectivity index (χ2n) is 4.01. The van der Waals surface area contributed by atoms with Gasteiger partial charge in [-0.25, -0.2) is 4.39 Å². The van der Waals surface area contributed by atoms with Gasteiger partial charge >= 0.3 is 0 Å². The van der Waals surface area contributed by atoms with Crippen molar-refractivity contribution in [2.45, 2.75) is 6.54 Å². The van der Waals surface area contributed by atoms with Crippen molar-refractivity contribution in [3.05, 3.63) is 64.4 Å². The Kier molecular flexibility index (Phi) is 4.35. The SMILES string of the molecule is NC(=S)c1c(F)cccc1NCc1ccc(Cl)cc1. The molecule has 0 fully saturated rings. The first kappa shape index (κ1) is 13.8. The maximum Gasteiger partial charge on any atom is 0.135 e. The summed E-state index contributed by atoms with van der Waals surface area (Å²) in [7, 11) is 0. The first-order valence-electron chi connectivity index (χ1n) is 5.64. The largest absolute Gasteiger partial charge is 0.389 e. The minimum Gasteiger partial charge on any atom is -0.389 e. The van der Waals surface area contributed by atoms with Gasteiger partial charge in [0.25, 0.3) is 0 Å². The van der Waals surface area contributed by atoms with Crippen molar-refractivity contribution in [2.75, 3.05) is 5.32 Å². The molecular formula is C14H12ClFN2S. The highest BCUT2D eigenvalue weighted by atomic mass is 35.5. The Morgan fingerprint density at radius 3 is 2.53 bits per heavy atom. The van der Waals surface area contributed by atoms with Gasteiger partial charge in [0.05, 0.1) is 5.56 Å². The van der Waals surface area contributed by atoms with E-state index in [-0.39, 0.29) is 10.6 Å². The summed E-state index contributed by atoms with van der Waals surface area (Å²) in [5.74, 6) is -0.423. The molecule has 0 radical (unpaired) electrons. The molecule has 5 heteroatoms. The number of benzene rings is 2. The molecule has 98 valence electrons. The van der Waals surface area contributed by atoms with E-state index in [0.717, 1.165) is 5.56 Å². The standard InChI is InChI=1S/C14H12ClFN2S/c15-10-6-4-9(5-7-10)8-18-12-3-1-2-11(16)13(12)14(17)19/h1-7,18H,8H2,(H2,17,19). The van der Waals surface area contributed by atoms with Crippen LogP contribution in [0.3, 0.4) is 0 Å². The summed E-state index contributed by atoms with van der Waals surface area (Å²) in [6.45, 7) is 0.538. The Hall–Kier alpha value is -1.65. The third-order valence-electron chi connectivity index (χ3n) is 2.66. The van der Waals surface area contributed by atoms with Crippen molar-refractivity contribution >= 4 is 34.5 Å². The van der Waals surface area contributed by atoms with Crippen LogP contribution in [0.1, 0.15) is 11.1 Å². The molecule has 2 nitrogen and oxygen atoms in total. The molecule has 19 heavy (non-hydrogen) atoms. The first-order chi connectivity index (χ1) is 9.08. The summed E-state index contributed by atoms with van der Waals surface area (Å²) in [6, 6.07) is 12.1. The van der Waals surface area contributed by atoms with Crippen LogP contribution in [0.25, 0.3) is 0 Å². The summed E-state index contributed by atoms with van der Waals surface area (Å²) in [5, 5.41) is 3.80. The molecule has 0 aromatic heterocycles. The fourth-order valence-corrected chi connectivity index (χ4v) is 2.05. The van der Waals surface area contributed by atoms with Crippen molar-refractivity contribution in [1.29, 1.82) is 0 Å². The lowest BCUT2D eigenvalue weighted by molar-refractivity contribution is 0.626. The molecule has 3 N–H and O–H groups in total. The second-order valence-corrected chi connectivity index (χ2v) is 4.88. The van der Waals surface area contributed by atoms with E-state index in [9.17, 15) is 4.39 Å². The third kappa shape index (κ3) is 3.43. The summed E-state index contributed by atoms with van der Waals surface area (Å²) in [4.78, 5) is 0.0386. The number of anilines is 1. The number of nitrogens with one attached hydrogen (secondary N) is 1. The molecular weight excluding hydrogens is 283 g/mol. The first-order valence-corrected chi connectivity index (χ1v) is 6.43. The molecule has 0 aliphatic heterocycles. The molecule has 0 saturated heterocycles. The predicted octanol–water partition coefficient (Wildman–Crippen LogP) is 3.73. The molecule has 2 aromatic carbocycles. The van der Waals surface area contributed by atoms with Gasteiger partial charge in [-0.05, 0) is 29.8 Å². The van der Waals surface area contributed by atoms with E-state index in [2.05, 4.69) is 5.32 Å². The Labute approximate surface area is 121 Å². The van der Waals surface area contributed by atoms with Gasteiger partial charge in [-0.15, -0.1) is 0 Å². The second kappa shape index (κ2) is 5.99. The zero-order chi connectivity index (χ0) is 13.8. The van der Waals surface area contributed by atoms with Gasteiger partial charge in [0, 0.05) is 17.3 Å². The van der Waals surface area contributed by atoms with Crippen LogP contribution < -0.4 is 11.1 Å². The van der Waals surface area contributed by atoms with Gasteiger partial charge in [-0.2, -0.15) is 0 Å². The van der Waals surface area contributed by atoms with Crippen LogP contribution in [0, 0.1) is 5.82 Å². The summed E-state index contributed by atoms with van der Waals surface area (Å²) >= 11 is 10.7. The van der Waals surface area contributed by atoms with Crippen LogP contribution in [-0.2, 0) is 6.54 Å². The number of thiocarbonyl (C=S) groups is 1. The van der Waals surface area contributed by atoms with Crippen LogP contribution in [0.2, 0.25) is 5.02 Å².